The average Bonchev–Trinajstić information content (AvgIpc) is 2.32. The van der Waals surface area contributed by atoms with Crippen molar-refractivity contribution in [3.05, 3.63) is 0 Å². The van der Waals surface area contributed by atoms with E-state index in [1.54, 1.807) is 26.1 Å². The van der Waals surface area contributed by atoms with Gasteiger partial charge >= 0.3 is 18.2 Å². The van der Waals surface area contributed by atoms with E-state index in [-0.39, 0.29) is 25.5 Å². The zero-order chi connectivity index (χ0) is 18.3. The van der Waals surface area contributed by atoms with E-state index in [9.17, 15) is 27.6 Å². The smallest absolute Gasteiger partial charge is 0.444 e. The minimum atomic E-state index is -4.98. The van der Waals surface area contributed by atoms with Gasteiger partial charge in [0, 0.05) is 33.1 Å². The van der Waals surface area contributed by atoms with Crippen LogP contribution in [0.25, 0.3) is 0 Å². The quantitative estimate of drug-likeness (QED) is 0.756. The molecule has 0 aliphatic heterocycles. The topological polar surface area (TPSA) is 87.7 Å². The Labute approximate surface area is 132 Å². The SMILES string of the molecule is CC(=O)NCCN(CCNC(=O)C(F)(F)F)C(=O)OC(C)(C)C. The van der Waals surface area contributed by atoms with E-state index in [1.807, 2.05) is 0 Å². The number of carbonyl (C=O) groups excluding carboxylic acids is 3. The third-order valence-corrected chi connectivity index (χ3v) is 2.33. The zero-order valence-corrected chi connectivity index (χ0v) is 13.5. The molecule has 10 heteroatoms. The third kappa shape index (κ3) is 10.4. The van der Waals surface area contributed by atoms with Crippen molar-refractivity contribution >= 4 is 17.9 Å². The second-order valence-electron chi connectivity index (χ2n) is 5.70. The van der Waals surface area contributed by atoms with Gasteiger partial charge in [-0.15, -0.1) is 0 Å². The number of ether oxygens (including phenoxy) is 1. The number of nitrogens with zero attached hydrogens (tertiary/aromatic N) is 1. The number of halogens is 3. The number of nitrogens with one attached hydrogen (secondary N) is 2. The molecular weight excluding hydrogens is 319 g/mol. The van der Waals surface area contributed by atoms with Crippen LogP contribution in [-0.4, -0.2) is 60.8 Å². The molecule has 23 heavy (non-hydrogen) atoms. The molecule has 0 unspecified atom stereocenters. The second kappa shape index (κ2) is 8.59. The van der Waals surface area contributed by atoms with Gasteiger partial charge in [0.15, 0.2) is 0 Å². The van der Waals surface area contributed by atoms with Crippen LogP contribution < -0.4 is 10.6 Å². The lowest BCUT2D eigenvalue weighted by molar-refractivity contribution is -0.173. The van der Waals surface area contributed by atoms with E-state index in [0.717, 1.165) is 4.90 Å². The molecular formula is C13H22F3N3O4. The summed E-state index contributed by atoms with van der Waals surface area (Å²) in [4.78, 5) is 34.6. The summed E-state index contributed by atoms with van der Waals surface area (Å²) in [6, 6.07) is 0. The molecule has 7 nitrogen and oxygen atoms in total. The summed E-state index contributed by atoms with van der Waals surface area (Å²) in [5, 5.41) is 4.13. The molecule has 0 aliphatic carbocycles. The highest BCUT2D eigenvalue weighted by molar-refractivity contribution is 5.81. The molecule has 0 aromatic carbocycles. The fraction of sp³-hybridized carbons (Fsp3) is 0.769. The summed E-state index contributed by atoms with van der Waals surface area (Å²) in [6.07, 6.45) is -5.73. The Morgan fingerprint density at radius 3 is 1.87 bits per heavy atom. The summed E-state index contributed by atoms with van der Waals surface area (Å²) >= 11 is 0. The van der Waals surface area contributed by atoms with Gasteiger partial charge in [0.2, 0.25) is 5.91 Å². The number of hydrogen-bond acceptors (Lipinski definition) is 4. The Bertz CT molecular complexity index is 433. The lowest BCUT2D eigenvalue weighted by Crippen LogP contribution is -2.46. The first-order valence-electron chi connectivity index (χ1n) is 6.90. The molecule has 0 radical (unpaired) electrons. The molecule has 0 bridgehead atoms. The van der Waals surface area contributed by atoms with Crippen LogP contribution in [0.5, 0.6) is 0 Å². The largest absolute Gasteiger partial charge is 0.471 e. The van der Waals surface area contributed by atoms with Crippen LogP contribution in [0.1, 0.15) is 27.7 Å². The normalized spacial score (nSPS) is 11.6. The predicted molar refractivity (Wildman–Crippen MR) is 75.6 cm³/mol. The first-order chi connectivity index (χ1) is 10.3. The van der Waals surface area contributed by atoms with Crippen LogP contribution in [0, 0.1) is 0 Å². The highest BCUT2D eigenvalue weighted by Gasteiger charge is 2.38. The average molecular weight is 341 g/mol. The monoisotopic (exact) mass is 341 g/mol. The second-order valence-corrected chi connectivity index (χ2v) is 5.70. The van der Waals surface area contributed by atoms with Crippen LogP contribution in [0.2, 0.25) is 0 Å². The Morgan fingerprint density at radius 2 is 1.48 bits per heavy atom. The molecule has 0 aromatic rings. The van der Waals surface area contributed by atoms with E-state index in [1.165, 1.54) is 6.92 Å². The minimum absolute atomic E-state index is 0.0381. The summed E-state index contributed by atoms with van der Waals surface area (Å²) < 4.78 is 41.4. The summed E-state index contributed by atoms with van der Waals surface area (Å²) in [5.74, 6) is -2.39. The van der Waals surface area contributed by atoms with Crippen LogP contribution in [0.15, 0.2) is 0 Å². The lowest BCUT2D eigenvalue weighted by atomic mass is 10.2. The van der Waals surface area contributed by atoms with Gasteiger partial charge < -0.3 is 20.3 Å². The van der Waals surface area contributed by atoms with Crippen molar-refractivity contribution in [1.29, 1.82) is 0 Å². The molecule has 0 atom stereocenters. The van der Waals surface area contributed by atoms with E-state index in [0.29, 0.717) is 0 Å². The third-order valence-electron chi connectivity index (χ3n) is 2.33. The van der Waals surface area contributed by atoms with Crippen molar-refractivity contribution in [2.75, 3.05) is 26.2 Å². The zero-order valence-electron chi connectivity index (χ0n) is 13.5. The molecule has 0 saturated carbocycles. The summed E-state index contributed by atoms with van der Waals surface area (Å²) in [7, 11) is 0. The summed E-state index contributed by atoms with van der Waals surface area (Å²) in [6.45, 7) is 5.79. The first kappa shape index (κ1) is 21.0. The number of rotatable bonds is 6. The molecule has 0 heterocycles. The molecule has 0 aromatic heterocycles. The summed E-state index contributed by atoms with van der Waals surface area (Å²) in [5.41, 5.74) is -0.779. The van der Waals surface area contributed by atoms with Crippen molar-refractivity contribution in [2.24, 2.45) is 0 Å². The van der Waals surface area contributed by atoms with Crippen molar-refractivity contribution in [3.8, 4) is 0 Å². The molecule has 0 saturated heterocycles. The van der Waals surface area contributed by atoms with Crippen molar-refractivity contribution < 1.29 is 32.3 Å². The van der Waals surface area contributed by atoms with Crippen LogP contribution in [-0.2, 0) is 14.3 Å². The minimum Gasteiger partial charge on any atom is -0.444 e. The van der Waals surface area contributed by atoms with Crippen molar-refractivity contribution in [1.82, 2.24) is 15.5 Å². The number of carbonyl (C=O) groups is 3. The van der Waals surface area contributed by atoms with E-state index >= 15 is 0 Å². The standard InChI is InChI=1S/C13H22F3N3O4/c1-9(20)17-5-7-19(11(22)23-12(2,3)4)8-6-18-10(21)13(14,15)16/h5-8H2,1-4H3,(H,17,20)(H,18,21). The maximum absolute atomic E-state index is 12.1. The molecule has 2 N–H and O–H groups in total. The lowest BCUT2D eigenvalue weighted by Gasteiger charge is -2.27. The van der Waals surface area contributed by atoms with Gasteiger partial charge in [-0.25, -0.2) is 4.79 Å². The molecule has 0 fully saturated rings. The first-order valence-corrected chi connectivity index (χ1v) is 6.90. The van der Waals surface area contributed by atoms with E-state index in [2.05, 4.69) is 5.32 Å². The van der Waals surface area contributed by atoms with Gasteiger partial charge in [-0.2, -0.15) is 13.2 Å². The highest BCUT2D eigenvalue weighted by Crippen LogP contribution is 2.14. The highest BCUT2D eigenvalue weighted by atomic mass is 19.4. The van der Waals surface area contributed by atoms with E-state index < -0.39 is 30.3 Å². The predicted octanol–water partition coefficient (Wildman–Crippen LogP) is 1.04. The molecule has 0 aliphatic rings. The Hall–Kier alpha value is -2.00. The van der Waals surface area contributed by atoms with Crippen LogP contribution in [0.4, 0.5) is 18.0 Å². The maximum Gasteiger partial charge on any atom is 0.471 e. The van der Waals surface area contributed by atoms with Crippen LogP contribution >= 0.6 is 0 Å². The molecule has 3 amide bonds. The Morgan fingerprint density at radius 1 is 1.00 bits per heavy atom. The molecule has 0 rings (SSSR count). The number of amides is 3. The fourth-order valence-electron chi connectivity index (χ4n) is 1.39. The Kier molecular flexibility index (Phi) is 7.84. The number of alkyl halides is 3. The maximum atomic E-state index is 12.1. The number of hydrogen-bond donors (Lipinski definition) is 2. The van der Waals surface area contributed by atoms with Crippen molar-refractivity contribution in [3.63, 3.8) is 0 Å². The fourth-order valence-corrected chi connectivity index (χ4v) is 1.39. The van der Waals surface area contributed by atoms with Gasteiger partial charge in [-0.05, 0) is 20.8 Å². The van der Waals surface area contributed by atoms with Crippen molar-refractivity contribution in [2.45, 2.75) is 39.5 Å². The van der Waals surface area contributed by atoms with Gasteiger partial charge in [0.1, 0.15) is 5.60 Å². The van der Waals surface area contributed by atoms with Gasteiger partial charge in [0.05, 0.1) is 0 Å². The molecule has 134 valence electrons. The van der Waals surface area contributed by atoms with Gasteiger partial charge in [0.25, 0.3) is 0 Å². The van der Waals surface area contributed by atoms with E-state index in [4.69, 9.17) is 4.74 Å². The van der Waals surface area contributed by atoms with Gasteiger partial charge in [-0.1, -0.05) is 0 Å². The van der Waals surface area contributed by atoms with Gasteiger partial charge in [-0.3, -0.25) is 9.59 Å². The Balaban J connectivity index is 4.56. The molecule has 0 spiro atoms. The van der Waals surface area contributed by atoms with Crippen LogP contribution in [0.3, 0.4) is 0 Å².